The summed E-state index contributed by atoms with van der Waals surface area (Å²) < 4.78 is 0. The highest BCUT2D eigenvalue weighted by Gasteiger charge is 2.25. The van der Waals surface area contributed by atoms with Crippen LogP contribution in [0.4, 0.5) is 0 Å². The third-order valence-corrected chi connectivity index (χ3v) is 7.11. The molecule has 3 heteroatoms. The second kappa shape index (κ2) is 8.47. The van der Waals surface area contributed by atoms with Crippen LogP contribution in [-0.2, 0) is 25.8 Å². The average molecular weight is 413 g/mol. The van der Waals surface area contributed by atoms with Gasteiger partial charge in [-0.3, -0.25) is 4.98 Å². The Labute approximate surface area is 185 Å². The fraction of sp³-hybridized carbons (Fsp3) is 0.393. The summed E-state index contributed by atoms with van der Waals surface area (Å²) in [6, 6.07) is 17.4. The smallest absolute Gasteiger partial charge is 0.132 e. The van der Waals surface area contributed by atoms with Gasteiger partial charge in [-0.2, -0.15) is 0 Å². The monoisotopic (exact) mass is 412 g/mol. The Morgan fingerprint density at radius 3 is 2.55 bits per heavy atom. The molecule has 0 spiro atoms. The van der Waals surface area contributed by atoms with Crippen molar-refractivity contribution < 1.29 is 5.11 Å². The predicted molar refractivity (Wildman–Crippen MR) is 127 cm³/mol. The van der Waals surface area contributed by atoms with E-state index in [0.717, 1.165) is 54.2 Å². The first-order valence-electron chi connectivity index (χ1n) is 11.8. The zero-order valence-corrected chi connectivity index (χ0v) is 18.6. The highest BCUT2D eigenvalue weighted by Crippen LogP contribution is 2.41. The molecule has 3 nitrogen and oxygen atoms in total. The summed E-state index contributed by atoms with van der Waals surface area (Å²) in [7, 11) is 0. The zero-order valence-electron chi connectivity index (χ0n) is 18.6. The highest BCUT2D eigenvalue weighted by atomic mass is 16.3. The minimum absolute atomic E-state index is 0.340. The Bertz CT molecular complexity index is 1100. The van der Waals surface area contributed by atoms with Gasteiger partial charge >= 0.3 is 0 Å². The van der Waals surface area contributed by atoms with E-state index in [4.69, 9.17) is 4.98 Å². The summed E-state index contributed by atoms with van der Waals surface area (Å²) in [5.41, 5.74) is 8.95. The van der Waals surface area contributed by atoms with Crippen LogP contribution < -0.4 is 5.32 Å². The number of hydrogen-bond acceptors (Lipinski definition) is 3. The number of para-hydroxylation sites is 1. The van der Waals surface area contributed by atoms with Gasteiger partial charge < -0.3 is 10.4 Å². The van der Waals surface area contributed by atoms with Gasteiger partial charge in [0.15, 0.2) is 0 Å². The van der Waals surface area contributed by atoms with Crippen LogP contribution in [0, 0.1) is 5.92 Å². The lowest BCUT2D eigenvalue weighted by Gasteiger charge is -2.33. The molecule has 3 aromatic rings. The number of phenolic OH excluding ortho intramolecular Hbond substituents is 1. The van der Waals surface area contributed by atoms with E-state index in [1.54, 1.807) is 0 Å². The number of aryl methyl sites for hydroxylation is 2. The van der Waals surface area contributed by atoms with E-state index < -0.39 is 0 Å². The van der Waals surface area contributed by atoms with Gasteiger partial charge in [0.2, 0.25) is 0 Å². The van der Waals surface area contributed by atoms with Gasteiger partial charge in [0.05, 0.1) is 5.69 Å². The minimum Gasteiger partial charge on any atom is -0.507 e. The molecule has 5 rings (SSSR count). The number of nitrogens with one attached hydrogen (secondary N) is 1. The third kappa shape index (κ3) is 3.87. The van der Waals surface area contributed by atoms with Crippen LogP contribution in [-0.4, -0.2) is 16.1 Å². The van der Waals surface area contributed by atoms with Crippen molar-refractivity contribution in [2.75, 3.05) is 0 Å². The second-order valence-electron chi connectivity index (χ2n) is 9.31. The SMILES string of the molecule is CCc1nc(-c2cccc(-c3cccc4c3CCC4)c2O)ccc1CNC1CC(C)C1. The van der Waals surface area contributed by atoms with Crippen molar-refractivity contribution in [3.8, 4) is 28.1 Å². The second-order valence-corrected chi connectivity index (χ2v) is 9.31. The lowest BCUT2D eigenvalue weighted by Crippen LogP contribution is -2.39. The maximum absolute atomic E-state index is 11.2. The molecule has 0 amide bonds. The number of aromatic nitrogens is 1. The molecule has 160 valence electrons. The molecule has 1 heterocycles. The summed E-state index contributed by atoms with van der Waals surface area (Å²) in [5, 5.41) is 14.9. The molecule has 0 aliphatic heterocycles. The predicted octanol–water partition coefficient (Wildman–Crippen LogP) is 6.06. The van der Waals surface area contributed by atoms with Gasteiger partial charge in [-0.1, -0.05) is 50.2 Å². The molecule has 0 unspecified atom stereocenters. The molecule has 0 radical (unpaired) electrons. The number of aromatic hydroxyl groups is 1. The maximum Gasteiger partial charge on any atom is 0.132 e. The topological polar surface area (TPSA) is 45.2 Å². The van der Waals surface area contributed by atoms with E-state index in [0.29, 0.717) is 11.8 Å². The summed E-state index contributed by atoms with van der Waals surface area (Å²) in [5.74, 6) is 1.19. The van der Waals surface area contributed by atoms with E-state index in [9.17, 15) is 5.11 Å². The molecular weight excluding hydrogens is 380 g/mol. The molecule has 0 bridgehead atoms. The van der Waals surface area contributed by atoms with E-state index in [1.165, 1.54) is 41.5 Å². The molecule has 1 fully saturated rings. The molecular formula is C28H32N2O. The molecule has 2 aromatic carbocycles. The number of phenols is 1. The molecule has 1 aromatic heterocycles. The Hall–Kier alpha value is -2.65. The van der Waals surface area contributed by atoms with Crippen molar-refractivity contribution in [1.29, 1.82) is 0 Å². The van der Waals surface area contributed by atoms with E-state index in [2.05, 4.69) is 49.5 Å². The Kier molecular flexibility index (Phi) is 5.54. The summed E-state index contributed by atoms with van der Waals surface area (Å²) in [4.78, 5) is 4.97. The Morgan fingerprint density at radius 2 is 1.74 bits per heavy atom. The quantitative estimate of drug-likeness (QED) is 0.517. The zero-order chi connectivity index (χ0) is 21.4. The van der Waals surface area contributed by atoms with Gasteiger partial charge in [0, 0.05) is 29.4 Å². The Morgan fingerprint density at radius 1 is 0.968 bits per heavy atom. The van der Waals surface area contributed by atoms with Gasteiger partial charge in [-0.05, 0) is 78.8 Å². The first-order chi connectivity index (χ1) is 15.1. The van der Waals surface area contributed by atoms with E-state index in [-0.39, 0.29) is 0 Å². The van der Waals surface area contributed by atoms with Crippen molar-refractivity contribution in [3.63, 3.8) is 0 Å². The van der Waals surface area contributed by atoms with Crippen LogP contribution in [0.1, 0.15) is 55.5 Å². The minimum atomic E-state index is 0.340. The van der Waals surface area contributed by atoms with E-state index >= 15 is 0 Å². The number of benzene rings is 2. The van der Waals surface area contributed by atoms with Crippen LogP contribution in [0.2, 0.25) is 0 Å². The van der Waals surface area contributed by atoms with Crippen molar-refractivity contribution in [2.45, 2.75) is 65.0 Å². The molecule has 2 N–H and O–H groups in total. The number of nitrogens with zero attached hydrogens (tertiary/aromatic N) is 1. The fourth-order valence-corrected chi connectivity index (χ4v) is 5.31. The molecule has 0 atom stereocenters. The molecule has 2 aliphatic rings. The van der Waals surface area contributed by atoms with Gasteiger partial charge in [-0.25, -0.2) is 0 Å². The average Bonchev–Trinajstić information content (AvgIpc) is 3.25. The molecule has 0 saturated heterocycles. The summed E-state index contributed by atoms with van der Waals surface area (Å²) in [6.45, 7) is 5.34. The van der Waals surface area contributed by atoms with Crippen LogP contribution >= 0.6 is 0 Å². The van der Waals surface area contributed by atoms with Gasteiger partial charge in [-0.15, -0.1) is 0 Å². The highest BCUT2D eigenvalue weighted by molar-refractivity contribution is 5.82. The van der Waals surface area contributed by atoms with Crippen LogP contribution in [0.15, 0.2) is 48.5 Å². The largest absolute Gasteiger partial charge is 0.507 e. The Balaban J connectivity index is 1.45. The third-order valence-electron chi connectivity index (χ3n) is 7.11. The number of rotatable bonds is 6. The fourth-order valence-electron chi connectivity index (χ4n) is 5.31. The lowest BCUT2D eigenvalue weighted by atomic mass is 9.82. The first kappa shape index (κ1) is 20.3. The summed E-state index contributed by atoms with van der Waals surface area (Å²) in [6.07, 6.45) is 6.87. The summed E-state index contributed by atoms with van der Waals surface area (Å²) >= 11 is 0. The van der Waals surface area contributed by atoms with Crippen molar-refractivity contribution in [1.82, 2.24) is 10.3 Å². The van der Waals surface area contributed by atoms with Crippen LogP contribution in [0.5, 0.6) is 5.75 Å². The lowest BCUT2D eigenvalue weighted by molar-refractivity contribution is 0.240. The first-order valence-corrected chi connectivity index (χ1v) is 11.8. The molecule has 31 heavy (non-hydrogen) atoms. The van der Waals surface area contributed by atoms with Crippen LogP contribution in [0.3, 0.4) is 0 Å². The van der Waals surface area contributed by atoms with E-state index in [1.807, 2.05) is 18.2 Å². The van der Waals surface area contributed by atoms with Gasteiger partial charge in [0.1, 0.15) is 5.75 Å². The standard InChI is InChI=1S/C28H32N2O/c1-3-26-20(17-29-21-15-18(2)16-21)13-14-27(30-26)25-12-6-11-24(28(25)31)23-10-5-8-19-7-4-9-22(19)23/h5-6,8,10-14,18,21,29,31H,3-4,7,9,15-17H2,1-2H3. The van der Waals surface area contributed by atoms with Gasteiger partial charge in [0.25, 0.3) is 0 Å². The molecule has 2 aliphatic carbocycles. The normalized spacial score (nSPS) is 19.8. The maximum atomic E-state index is 11.2. The van der Waals surface area contributed by atoms with Crippen molar-refractivity contribution >= 4 is 0 Å². The van der Waals surface area contributed by atoms with Crippen LogP contribution in [0.25, 0.3) is 22.4 Å². The van der Waals surface area contributed by atoms with Crippen molar-refractivity contribution in [3.05, 3.63) is 70.9 Å². The van der Waals surface area contributed by atoms with Crippen molar-refractivity contribution in [2.24, 2.45) is 5.92 Å². The number of hydrogen-bond donors (Lipinski definition) is 2. The number of pyridine rings is 1. The number of fused-ring (bicyclic) bond motifs is 1. The molecule has 1 saturated carbocycles.